The molecule has 0 aliphatic rings. The number of aryl methyl sites for hydroxylation is 1. The fourth-order valence-electron chi connectivity index (χ4n) is 2.22. The van der Waals surface area contributed by atoms with Crippen molar-refractivity contribution in [2.45, 2.75) is 35.3 Å². The molecule has 0 saturated heterocycles. The second-order valence-corrected chi connectivity index (χ2v) is 10.3. The average molecular weight is 379 g/mol. The normalized spacial score (nSPS) is 12.0. The first-order valence-corrected chi connectivity index (χ1v) is 10.7. The lowest BCUT2D eigenvalue weighted by Crippen LogP contribution is -2.12. The van der Waals surface area contributed by atoms with Crippen molar-refractivity contribution in [2.24, 2.45) is 0 Å². The van der Waals surface area contributed by atoms with Gasteiger partial charge in [-0.3, -0.25) is 4.72 Å². The number of rotatable bonds is 5. The molecule has 0 fully saturated rings. The van der Waals surface area contributed by atoms with Crippen molar-refractivity contribution < 1.29 is 8.42 Å². The zero-order valence-corrected chi connectivity index (χ0v) is 16.1. The van der Waals surface area contributed by atoms with Gasteiger partial charge < -0.3 is 0 Å². The van der Waals surface area contributed by atoms with Crippen molar-refractivity contribution in [3.8, 4) is 0 Å². The molecule has 1 heterocycles. The third-order valence-electron chi connectivity index (χ3n) is 3.26. The first-order valence-electron chi connectivity index (χ1n) is 7.50. The number of sulfonamides is 1. The molecule has 3 aromatic rings. The molecule has 2 aromatic carbocycles. The molecule has 0 spiro atoms. The maximum Gasteiger partial charge on any atom is 0.261 e. The highest BCUT2D eigenvalue weighted by molar-refractivity contribution is 8.01. The second kappa shape index (κ2) is 6.74. The Balaban J connectivity index is 1.89. The van der Waals surface area contributed by atoms with Crippen LogP contribution in [0.4, 0.5) is 5.69 Å². The summed E-state index contributed by atoms with van der Waals surface area (Å²) in [5.41, 5.74) is 2.35. The minimum absolute atomic E-state index is 0.267. The van der Waals surface area contributed by atoms with Gasteiger partial charge in [0.1, 0.15) is 0 Å². The number of hydrogen-bond donors (Lipinski definition) is 1. The van der Waals surface area contributed by atoms with Gasteiger partial charge in [-0.05, 0) is 42.8 Å². The third-order valence-corrected chi connectivity index (χ3v) is 6.75. The molecule has 0 atom stereocenters. The maximum atomic E-state index is 12.5. The molecule has 1 N–H and O–H groups in total. The summed E-state index contributed by atoms with van der Waals surface area (Å²) in [6.07, 6.45) is 0. The molecule has 3 rings (SSSR count). The van der Waals surface area contributed by atoms with Crippen LogP contribution >= 0.6 is 23.1 Å². The number of aromatic nitrogens is 1. The Morgan fingerprint density at radius 2 is 1.96 bits per heavy atom. The third kappa shape index (κ3) is 3.91. The van der Waals surface area contributed by atoms with Crippen molar-refractivity contribution in [3.63, 3.8) is 0 Å². The molecule has 0 aliphatic heterocycles. The fraction of sp³-hybridized carbons (Fsp3) is 0.235. The van der Waals surface area contributed by atoms with Crippen LogP contribution in [0.2, 0.25) is 0 Å². The maximum absolute atomic E-state index is 12.5. The fourth-order valence-corrected chi connectivity index (χ4v) is 5.70. The molecule has 0 saturated carbocycles. The van der Waals surface area contributed by atoms with Crippen LogP contribution in [-0.2, 0) is 10.0 Å². The van der Waals surface area contributed by atoms with Gasteiger partial charge in [0.2, 0.25) is 0 Å². The van der Waals surface area contributed by atoms with E-state index in [1.54, 1.807) is 47.4 Å². The first kappa shape index (κ1) is 17.3. The van der Waals surface area contributed by atoms with E-state index < -0.39 is 10.0 Å². The van der Waals surface area contributed by atoms with Crippen LogP contribution in [0.1, 0.15) is 19.4 Å². The summed E-state index contributed by atoms with van der Waals surface area (Å²) in [6.45, 7) is 6.12. The lowest BCUT2D eigenvalue weighted by molar-refractivity contribution is 0.601. The monoisotopic (exact) mass is 378 g/mol. The van der Waals surface area contributed by atoms with Gasteiger partial charge in [0.05, 0.1) is 20.8 Å². The zero-order valence-electron chi connectivity index (χ0n) is 13.6. The Morgan fingerprint density at radius 1 is 1.17 bits per heavy atom. The minimum Gasteiger partial charge on any atom is -0.280 e. The Bertz CT molecular complexity index is 978. The Kier molecular flexibility index (Phi) is 4.85. The number of hydrogen-bond acceptors (Lipinski definition) is 5. The van der Waals surface area contributed by atoms with Crippen molar-refractivity contribution in [1.29, 1.82) is 0 Å². The van der Waals surface area contributed by atoms with Gasteiger partial charge in [0, 0.05) is 5.25 Å². The summed E-state index contributed by atoms with van der Waals surface area (Å²) in [5, 5.41) is 0.463. The average Bonchev–Trinajstić information content (AvgIpc) is 2.87. The smallest absolute Gasteiger partial charge is 0.261 e. The van der Waals surface area contributed by atoms with E-state index in [9.17, 15) is 8.42 Å². The van der Waals surface area contributed by atoms with E-state index >= 15 is 0 Å². The highest BCUT2D eigenvalue weighted by Crippen LogP contribution is 2.33. The molecule has 24 heavy (non-hydrogen) atoms. The highest BCUT2D eigenvalue weighted by atomic mass is 32.2. The van der Waals surface area contributed by atoms with Crippen LogP contribution in [-0.4, -0.2) is 18.7 Å². The molecule has 7 heteroatoms. The number of thiazole rings is 1. The van der Waals surface area contributed by atoms with E-state index in [1.165, 1.54) is 0 Å². The highest BCUT2D eigenvalue weighted by Gasteiger charge is 2.15. The van der Waals surface area contributed by atoms with Crippen LogP contribution in [0.3, 0.4) is 0 Å². The molecular formula is C17H18N2O2S3. The van der Waals surface area contributed by atoms with E-state index in [2.05, 4.69) is 23.6 Å². The van der Waals surface area contributed by atoms with Crippen molar-refractivity contribution in [1.82, 2.24) is 4.98 Å². The quantitative estimate of drug-likeness (QED) is 0.641. The Hall–Kier alpha value is -1.57. The van der Waals surface area contributed by atoms with Gasteiger partial charge >= 0.3 is 0 Å². The van der Waals surface area contributed by atoms with E-state index in [-0.39, 0.29) is 4.90 Å². The predicted molar refractivity (Wildman–Crippen MR) is 103 cm³/mol. The van der Waals surface area contributed by atoms with Crippen LogP contribution in [0, 0.1) is 6.92 Å². The number of benzene rings is 2. The molecule has 0 radical (unpaired) electrons. The van der Waals surface area contributed by atoms with Gasteiger partial charge in [-0.1, -0.05) is 37.7 Å². The lowest BCUT2D eigenvalue weighted by Gasteiger charge is -2.08. The Labute approximate surface area is 150 Å². The summed E-state index contributed by atoms with van der Waals surface area (Å²) in [7, 11) is -3.59. The first-order chi connectivity index (χ1) is 11.3. The van der Waals surface area contributed by atoms with E-state index in [1.807, 2.05) is 25.1 Å². The van der Waals surface area contributed by atoms with Crippen LogP contribution in [0.5, 0.6) is 0 Å². The van der Waals surface area contributed by atoms with E-state index in [0.717, 1.165) is 20.1 Å². The van der Waals surface area contributed by atoms with Crippen molar-refractivity contribution >= 4 is 49.0 Å². The second-order valence-electron chi connectivity index (χ2n) is 5.75. The largest absolute Gasteiger partial charge is 0.280 e. The summed E-state index contributed by atoms with van der Waals surface area (Å²) < 4.78 is 29.6. The number of anilines is 1. The molecule has 0 unspecified atom stereocenters. The number of thioether (sulfide) groups is 1. The van der Waals surface area contributed by atoms with Gasteiger partial charge in [-0.25, -0.2) is 13.4 Å². The molecule has 1 aromatic heterocycles. The van der Waals surface area contributed by atoms with E-state index in [0.29, 0.717) is 10.9 Å². The summed E-state index contributed by atoms with van der Waals surface area (Å²) in [5.74, 6) is 0. The van der Waals surface area contributed by atoms with Gasteiger partial charge in [-0.15, -0.1) is 11.3 Å². The summed E-state index contributed by atoms with van der Waals surface area (Å²) in [4.78, 5) is 4.83. The molecule has 0 bridgehead atoms. The van der Waals surface area contributed by atoms with Crippen molar-refractivity contribution in [3.05, 3.63) is 48.0 Å². The SMILES string of the molecule is Cc1cccc(S(=O)(=O)Nc2ccc3nc(SC(C)C)sc3c2)c1. The molecule has 126 valence electrons. The van der Waals surface area contributed by atoms with Crippen molar-refractivity contribution in [2.75, 3.05) is 4.72 Å². The van der Waals surface area contributed by atoms with Crippen LogP contribution in [0.15, 0.2) is 51.7 Å². The van der Waals surface area contributed by atoms with Gasteiger partial charge in [0.15, 0.2) is 4.34 Å². The topological polar surface area (TPSA) is 59.1 Å². The number of nitrogens with zero attached hydrogens (tertiary/aromatic N) is 1. The molecular weight excluding hydrogens is 360 g/mol. The standard InChI is InChI=1S/C17H18N2O2S3/c1-11(2)22-17-18-15-8-7-13(10-16(15)23-17)19-24(20,21)14-6-4-5-12(3)9-14/h4-11,19H,1-3H3. The lowest BCUT2D eigenvalue weighted by atomic mass is 10.2. The predicted octanol–water partition coefficient (Wildman–Crippen LogP) is 4.91. The number of nitrogens with one attached hydrogen (secondary N) is 1. The number of fused-ring (bicyclic) bond motifs is 1. The zero-order chi connectivity index (χ0) is 17.3. The summed E-state index contributed by atoms with van der Waals surface area (Å²) >= 11 is 3.29. The van der Waals surface area contributed by atoms with Crippen LogP contribution in [0.25, 0.3) is 10.2 Å². The van der Waals surface area contributed by atoms with E-state index in [4.69, 9.17) is 0 Å². The minimum atomic E-state index is -3.59. The molecule has 0 amide bonds. The summed E-state index contributed by atoms with van der Waals surface area (Å²) in [6, 6.07) is 12.3. The molecule has 0 aliphatic carbocycles. The van der Waals surface area contributed by atoms with Gasteiger partial charge in [-0.2, -0.15) is 0 Å². The molecule has 4 nitrogen and oxygen atoms in total. The van der Waals surface area contributed by atoms with Gasteiger partial charge in [0.25, 0.3) is 10.0 Å². The van der Waals surface area contributed by atoms with Crippen LogP contribution < -0.4 is 4.72 Å². The Morgan fingerprint density at radius 3 is 2.67 bits per heavy atom.